The third kappa shape index (κ3) is 4.64. The van der Waals surface area contributed by atoms with Crippen molar-refractivity contribution in [2.45, 2.75) is 38.6 Å². The number of ether oxygens (including phenoxy) is 1. The molecule has 0 aromatic heterocycles. The molecule has 0 aromatic rings. The van der Waals surface area contributed by atoms with Crippen molar-refractivity contribution < 1.29 is 17.9 Å². The lowest BCUT2D eigenvalue weighted by atomic mass is 10.0. The zero-order valence-electron chi connectivity index (χ0n) is 12.5. The smallest absolute Gasteiger partial charge is 0.310 e. The predicted octanol–water partition coefficient (Wildman–Crippen LogP) is -0.152. The molecule has 2 atom stereocenters. The Hall–Kier alpha value is -0.700. The first kappa shape index (κ1) is 16.7. The van der Waals surface area contributed by atoms with E-state index < -0.39 is 10.2 Å². The highest BCUT2D eigenvalue weighted by Gasteiger charge is 2.34. The third-order valence-corrected chi connectivity index (χ3v) is 5.60. The molecule has 0 aromatic carbocycles. The maximum Gasteiger partial charge on any atom is 0.310 e. The van der Waals surface area contributed by atoms with Crippen molar-refractivity contribution in [2.75, 3.05) is 32.8 Å². The van der Waals surface area contributed by atoms with Crippen LogP contribution in [0.25, 0.3) is 0 Å². The largest absolute Gasteiger partial charge is 0.466 e. The Balaban J connectivity index is 1.93. The SMILES string of the molecule is CCOC(=O)C1CCCN(S(=O)(=O)N[C@@H]2CCCNC2)C1. The molecule has 1 unspecified atom stereocenters. The van der Waals surface area contributed by atoms with E-state index in [9.17, 15) is 13.2 Å². The van der Waals surface area contributed by atoms with Gasteiger partial charge in [0.25, 0.3) is 10.2 Å². The molecule has 7 nitrogen and oxygen atoms in total. The fourth-order valence-corrected chi connectivity index (χ4v) is 4.37. The second kappa shape index (κ2) is 7.53. The molecule has 0 radical (unpaired) electrons. The molecule has 2 fully saturated rings. The highest BCUT2D eigenvalue weighted by atomic mass is 32.2. The first-order chi connectivity index (χ1) is 10.0. The van der Waals surface area contributed by atoms with Crippen molar-refractivity contribution in [3.05, 3.63) is 0 Å². The Morgan fingerprint density at radius 1 is 1.38 bits per heavy atom. The minimum absolute atomic E-state index is 0.0632. The lowest BCUT2D eigenvalue weighted by Gasteiger charge is -2.33. The molecular formula is C13H25N3O4S. The van der Waals surface area contributed by atoms with Gasteiger partial charge in [-0.15, -0.1) is 0 Å². The van der Waals surface area contributed by atoms with Gasteiger partial charge >= 0.3 is 5.97 Å². The Morgan fingerprint density at radius 2 is 2.19 bits per heavy atom. The Morgan fingerprint density at radius 3 is 2.86 bits per heavy atom. The van der Waals surface area contributed by atoms with Crippen LogP contribution in [-0.2, 0) is 19.7 Å². The Bertz CT molecular complexity index is 448. The van der Waals surface area contributed by atoms with E-state index in [0.29, 0.717) is 32.5 Å². The molecule has 2 heterocycles. The monoisotopic (exact) mass is 319 g/mol. The lowest BCUT2D eigenvalue weighted by Crippen LogP contribution is -2.53. The van der Waals surface area contributed by atoms with Crippen molar-refractivity contribution in [3.8, 4) is 0 Å². The average Bonchev–Trinajstić information content (AvgIpc) is 2.48. The van der Waals surface area contributed by atoms with Crippen molar-refractivity contribution in [2.24, 2.45) is 5.92 Å². The highest BCUT2D eigenvalue weighted by Crippen LogP contribution is 2.20. The number of piperidine rings is 2. The molecule has 0 saturated carbocycles. The molecule has 21 heavy (non-hydrogen) atoms. The van der Waals surface area contributed by atoms with Crippen LogP contribution >= 0.6 is 0 Å². The van der Waals surface area contributed by atoms with Gasteiger partial charge in [-0.05, 0) is 39.2 Å². The van der Waals surface area contributed by atoms with E-state index in [1.54, 1.807) is 6.92 Å². The van der Waals surface area contributed by atoms with Crippen molar-refractivity contribution in [1.82, 2.24) is 14.3 Å². The maximum absolute atomic E-state index is 12.4. The standard InChI is InChI=1S/C13H25N3O4S/c1-2-20-13(17)11-5-4-8-16(10-11)21(18,19)15-12-6-3-7-14-9-12/h11-12,14-15H,2-10H2,1H3/t11?,12-/m1/s1. The maximum atomic E-state index is 12.4. The zero-order chi connectivity index (χ0) is 15.3. The second-order valence-electron chi connectivity index (χ2n) is 5.62. The van der Waals surface area contributed by atoms with Crippen LogP contribution in [0.1, 0.15) is 32.6 Å². The predicted molar refractivity (Wildman–Crippen MR) is 78.9 cm³/mol. The van der Waals surface area contributed by atoms with Gasteiger partial charge < -0.3 is 10.1 Å². The van der Waals surface area contributed by atoms with Crippen LogP contribution in [0, 0.1) is 5.92 Å². The van der Waals surface area contributed by atoms with Gasteiger partial charge in [-0.1, -0.05) is 0 Å². The van der Waals surface area contributed by atoms with E-state index >= 15 is 0 Å². The summed E-state index contributed by atoms with van der Waals surface area (Å²) in [6, 6.07) is -0.0632. The fraction of sp³-hybridized carbons (Fsp3) is 0.923. The first-order valence-electron chi connectivity index (χ1n) is 7.67. The molecule has 0 spiro atoms. The molecule has 0 bridgehead atoms. The number of esters is 1. The van der Waals surface area contributed by atoms with Gasteiger partial charge in [0.15, 0.2) is 0 Å². The molecule has 0 aliphatic carbocycles. The quantitative estimate of drug-likeness (QED) is 0.688. The fourth-order valence-electron chi connectivity index (χ4n) is 2.85. The third-order valence-electron chi connectivity index (χ3n) is 3.96. The summed E-state index contributed by atoms with van der Waals surface area (Å²) >= 11 is 0. The number of nitrogens with one attached hydrogen (secondary N) is 2. The van der Waals surface area contributed by atoms with Gasteiger partial charge in [0.05, 0.1) is 12.5 Å². The van der Waals surface area contributed by atoms with Gasteiger partial charge in [-0.2, -0.15) is 17.4 Å². The molecule has 2 saturated heterocycles. The van der Waals surface area contributed by atoms with Gasteiger partial charge in [0, 0.05) is 25.7 Å². The number of carbonyl (C=O) groups excluding carboxylic acids is 1. The normalized spacial score (nSPS) is 28.2. The number of nitrogens with zero attached hydrogens (tertiary/aromatic N) is 1. The van der Waals surface area contributed by atoms with Gasteiger partial charge in [0.2, 0.25) is 0 Å². The van der Waals surface area contributed by atoms with Crippen LogP contribution in [0.5, 0.6) is 0 Å². The lowest BCUT2D eigenvalue weighted by molar-refractivity contribution is -0.149. The van der Waals surface area contributed by atoms with Crippen LogP contribution in [0.15, 0.2) is 0 Å². The summed E-state index contributed by atoms with van der Waals surface area (Å²) in [5, 5.41) is 3.18. The number of hydrogen-bond acceptors (Lipinski definition) is 5. The Labute approximate surface area is 126 Å². The molecule has 0 amide bonds. The van der Waals surface area contributed by atoms with Gasteiger partial charge in [0.1, 0.15) is 0 Å². The molecule has 2 aliphatic heterocycles. The number of rotatable bonds is 5. The molecule has 2 aliphatic rings. The topological polar surface area (TPSA) is 87.7 Å². The number of carbonyl (C=O) groups is 1. The first-order valence-corrected chi connectivity index (χ1v) is 9.11. The summed E-state index contributed by atoms with van der Waals surface area (Å²) in [5.41, 5.74) is 0. The van der Waals surface area contributed by atoms with Crippen molar-refractivity contribution in [3.63, 3.8) is 0 Å². The van der Waals surface area contributed by atoms with E-state index in [2.05, 4.69) is 10.0 Å². The summed E-state index contributed by atoms with van der Waals surface area (Å²) in [7, 11) is -3.53. The van der Waals surface area contributed by atoms with Gasteiger partial charge in [-0.3, -0.25) is 4.79 Å². The van der Waals surface area contributed by atoms with Crippen LogP contribution in [0.4, 0.5) is 0 Å². The average molecular weight is 319 g/mol. The summed E-state index contributed by atoms with van der Waals surface area (Å²) in [5.74, 6) is -0.642. The van der Waals surface area contributed by atoms with Crippen LogP contribution in [0.2, 0.25) is 0 Å². The van der Waals surface area contributed by atoms with Crippen molar-refractivity contribution >= 4 is 16.2 Å². The summed E-state index contributed by atoms with van der Waals surface area (Å²) in [6.07, 6.45) is 3.20. The minimum atomic E-state index is -3.53. The van der Waals surface area contributed by atoms with E-state index in [1.165, 1.54) is 4.31 Å². The van der Waals surface area contributed by atoms with E-state index in [4.69, 9.17) is 4.74 Å². The van der Waals surface area contributed by atoms with Gasteiger partial charge in [-0.25, -0.2) is 0 Å². The van der Waals surface area contributed by atoms with Crippen LogP contribution < -0.4 is 10.0 Å². The van der Waals surface area contributed by atoms with Crippen LogP contribution in [-0.4, -0.2) is 57.5 Å². The zero-order valence-corrected chi connectivity index (χ0v) is 13.3. The summed E-state index contributed by atoms with van der Waals surface area (Å²) in [4.78, 5) is 11.8. The molecular weight excluding hydrogens is 294 g/mol. The molecule has 122 valence electrons. The summed E-state index contributed by atoms with van der Waals surface area (Å²) in [6.45, 7) is 4.36. The molecule has 2 N–H and O–H groups in total. The molecule has 2 rings (SSSR count). The van der Waals surface area contributed by atoms with E-state index in [-0.39, 0.29) is 24.5 Å². The van der Waals surface area contributed by atoms with Crippen LogP contribution in [0.3, 0.4) is 0 Å². The van der Waals surface area contributed by atoms with E-state index in [1.807, 2.05) is 0 Å². The van der Waals surface area contributed by atoms with Crippen molar-refractivity contribution in [1.29, 1.82) is 0 Å². The second-order valence-corrected chi connectivity index (χ2v) is 7.32. The van der Waals surface area contributed by atoms with E-state index in [0.717, 1.165) is 19.4 Å². The highest BCUT2D eigenvalue weighted by molar-refractivity contribution is 7.87. The number of hydrogen-bond donors (Lipinski definition) is 2. The Kier molecular flexibility index (Phi) is 5.98. The molecule has 8 heteroatoms. The minimum Gasteiger partial charge on any atom is -0.466 e. The summed E-state index contributed by atoms with van der Waals surface area (Å²) < 4.78 is 34.0.